The fraction of sp³-hybridized carbons (Fsp3) is 0. The molecule has 0 amide bonds. The molecule has 88 valence electrons. The Bertz CT molecular complexity index is 558. The van der Waals surface area contributed by atoms with Crippen LogP contribution in [0.25, 0.3) is 11.1 Å². The van der Waals surface area contributed by atoms with Crippen LogP contribution in [0.4, 0.5) is 17.6 Å². The zero-order valence-electron chi connectivity index (χ0n) is 8.35. The molecule has 0 spiro atoms. The molecule has 0 atom stereocenters. The van der Waals surface area contributed by atoms with Crippen molar-refractivity contribution in [3.8, 4) is 16.9 Å². The van der Waals surface area contributed by atoms with E-state index in [1.165, 1.54) is 0 Å². The lowest BCUT2D eigenvalue weighted by atomic mass is 10.0. The van der Waals surface area contributed by atoms with Crippen LogP contribution in [0.5, 0.6) is 5.75 Å². The maximum Gasteiger partial charge on any atom is 0.194 e. The summed E-state index contributed by atoms with van der Waals surface area (Å²) < 4.78 is 52.0. The number of phenolic OH excluding ortho intramolecular Hbond substituents is 1. The Morgan fingerprint density at radius 3 is 1.88 bits per heavy atom. The Kier molecular flexibility index (Phi) is 2.75. The lowest BCUT2D eigenvalue weighted by molar-refractivity contribution is 0.447. The van der Waals surface area contributed by atoms with Gasteiger partial charge < -0.3 is 5.11 Å². The maximum absolute atomic E-state index is 13.4. The highest BCUT2D eigenvalue weighted by Crippen LogP contribution is 2.28. The van der Waals surface area contributed by atoms with Crippen LogP contribution in [0.3, 0.4) is 0 Å². The second-order valence-electron chi connectivity index (χ2n) is 3.42. The van der Waals surface area contributed by atoms with Crippen LogP contribution < -0.4 is 0 Å². The summed E-state index contributed by atoms with van der Waals surface area (Å²) in [6.07, 6.45) is 0. The van der Waals surface area contributed by atoms with Gasteiger partial charge in [-0.05, 0) is 29.8 Å². The summed E-state index contributed by atoms with van der Waals surface area (Å²) in [7, 11) is 0. The zero-order valence-corrected chi connectivity index (χ0v) is 8.35. The van der Waals surface area contributed by atoms with E-state index in [1.807, 2.05) is 0 Å². The normalized spacial score (nSPS) is 10.6. The fourth-order valence-electron chi connectivity index (χ4n) is 1.45. The third kappa shape index (κ3) is 2.08. The maximum atomic E-state index is 13.4. The molecule has 0 heterocycles. The third-order valence-electron chi connectivity index (χ3n) is 2.25. The topological polar surface area (TPSA) is 20.2 Å². The molecule has 5 heteroatoms. The van der Waals surface area contributed by atoms with Gasteiger partial charge in [0.1, 0.15) is 11.6 Å². The quantitative estimate of drug-likeness (QED) is 0.598. The summed E-state index contributed by atoms with van der Waals surface area (Å²) in [5.74, 6) is -5.56. The number of benzene rings is 2. The van der Waals surface area contributed by atoms with E-state index in [1.54, 1.807) is 0 Å². The summed E-state index contributed by atoms with van der Waals surface area (Å²) in [4.78, 5) is 0. The first-order valence-electron chi connectivity index (χ1n) is 4.62. The van der Waals surface area contributed by atoms with Crippen molar-refractivity contribution in [2.24, 2.45) is 0 Å². The van der Waals surface area contributed by atoms with Crippen LogP contribution in [0.1, 0.15) is 0 Å². The summed E-state index contributed by atoms with van der Waals surface area (Å²) >= 11 is 0. The SMILES string of the molecule is Oc1ccc(-c2cc(F)c(F)c(F)c2)c(F)c1. The lowest BCUT2D eigenvalue weighted by Crippen LogP contribution is -1.93. The van der Waals surface area contributed by atoms with Crippen molar-refractivity contribution >= 4 is 0 Å². The highest BCUT2D eigenvalue weighted by Gasteiger charge is 2.14. The van der Waals surface area contributed by atoms with E-state index in [4.69, 9.17) is 5.11 Å². The number of halogens is 4. The highest BCUT2D eigenvalue weighted by atomic mass is 19.2. The zero-order chi connectivity index (χ0) is 12.6. The minimum absolute atomic E-state index is 0.124. The number of rotatable bonds is 1. The molecule has 2 aromatic rings. The third-order valence-corrected chi connectivity index (χ3v) is 2.25. The summed E-state index contributed by atoms with van der Waals surface area (Å²) in [6.45, 7) is 0. The van der Waals surface area contributed by atoms with Crippen molar-refractivity contribution in [3.05, 3.63) is 53.6 Å². The Morgan fingerprint density at radius 2 is 1.35 bits per heavy atom. The highest BCUT2D eigenvalue weighted by molar-refractivity contribution is 5.65. The Balaban J connectivity index is 2.61. The number of hydrogen-bond acceptors (Lipinski definition) is 1. The average molecular weight is 242 g/mol. The molecule has 0 bridgehead atoms. The molecule has 1 nitrogen and oxygen atoms in total. The molecule has 0 unspecified atom stereocenters. The molecule has 0 aliphatic carbocycles. The Hall–Kier alpha value is -2.04. The Morgan fingerprint density at radius 1 is 0.765 bits per heavy atom. The van der Waals surface area contributed by atoms with Gasteiger partial charge >= 0.3 is 0 Å². The molecular formula is C12H6F4O. The molecule has 0 aliphatic heterocycles. The van der Waals surface area contributed by atoms with Gasteiger partial charge in [0.15, 0.2) is 17.5 Å². The van der Waals surface area contributed by atoms with Gasteiger partial charge in [0, 0.05) is 11.6 Å². The standard InChI is InChI=1S/C12H6F4O/c13-9-5-7(17)1-2-8(9)6-3-10(14)12(16)11(15)4-6/h1-5,17H. The van der Waals surface area contributed by atoms with Crippen molar-refractivity contribution < 1.29 is 22.7 Å². The first-order valence-corrected chi connectivity index (χ1v) is 4.62. The van der Waals surface area contributed by atoms with E-state index in [0.29, 0.717) is 12.1 Å². The lowest BCUT2D eigenvalue weighted by Gasteiger charge is -2.05. The van der Waals surface area contributed by atoms with Gasteiger partial charge in [-0.25, -0.2) is 17.6 Å². The van der Waals surface area contributed by atoms with E-state index in [9.17, 15) is 17.6 Å². The van der Waals surface area contributed by atoms with E-state index in [0.717, 1.165) is 18.2 Å². The van der Waals surface area contributed by atoms with Gasteiger partial charge in [-0.1, -0.05) is 0 Å². The minimum Gasteiger partial charge on any atom is -0.508 e. The predicted molar refractivity (Wildman–Crippen MR) is 53.4 cm³/mol. The molecule has 1 N–H and O–H groups in total. The van der Waals surface area contributed by atoms with Crippen LogP contribution in [-0.2, 0) is 0 Å². The van der Waals surface area contributed by atoms with Gasteiger partial charge in [-0.3, -0.25) is 0 Å². The number of hydrogen-bond donors (Lipinski definition) is 1. The second kappa shape index (κ2) is 4.08. The van der Waals surface area contributed by atoms with Gasteiger partial charge in [0.05, 0.1) is 0 Å². The van der Waals surface area contributed by atoms with Crippen molar-refractivity contribution in [2.45, 2.75) is 0 Å². The largest absolute Gasteiger partial charge is 0.508 e. The molecule has 0 saturated heterocycles. The van der Waals surface area contributed by atoms with Crippen LogP contribution in [0, 0.1) is 23.3 Å². The molecule has 0 aliphatic rings. The number of phenols is 1. The van der Waals surface area contributed by atoms with Crippen LogP contribution in [0.15, 0.2) is 30.3 Å². The van der Waals surface area contributed by atoms with Crippen molar-refractivity contribution in [3.63, 3.8) is 0 Å². The molecule has 0 radical (unpaired) electrons. The molecule has 17 heavy (non-hydrogen) atoms. The van der Waals surface area contributed by atoms with Crippen molar-refractivity contribution in [1.29, 1.82) is 0 Å². The first-order chi connectivity index (χ1) is 7.99. The minimum atomic E-state index is -1.60. The molecule has 0 aromatic heterocycles. The van der Waals surface area contributed by atoms with Gasteiger partial charge in [0.2, 0.25) is 0 Å². The molecule has 2 rings (SSSR count). The van der Waals surface area contributed by atoms with Gasteiger partial charge in [0.25, 0.3) is 0 Å². The van der Waals surface area contributed by atoms with E-state index in [2.05, 4.69) is 0 Å². The predicted octanol–water partition coefficient (Wildman–Crippen LogP) is 3.62. The van der Waals surface area contributed by atoms with Crippen LogP contribution >= 0.6 is 0 Å². The smallest absolute Gasteiger partial charge is 0.194 e. The van der Waals surface area contributed by atoms with E-state index >= 15 is 0 Å². The molecular weight excluding hydrogens is 236 g/mol. The van der Waals surface area contributed by atoms with Gasteiger partial charge in [-0.15, -0.1) is 0 Å². The second-order valence-corrected chi connectivity index (χ2v) is 3.42. The summed E-state index contributed by atoms with van der Waals surface area (Å²) in [5, 5.41) is 8.99. The van der Waals surface area contributed by atoms with Crippen molar-refractivity contribution in [2.75, 3.05) is 0 Å². The van der Waals surface area contributed by atoms with Crippen LogP contribution in [0.2, 0.25) is 0 Å². The van der Waals surface area contributed by atoms with Gasteiger partial charge in [-0.2, -0.15) is 0 Å². The average Bonchev–Trinajstić information content (AvgIpc) is 2.25. The molecule has 0 saturated carbocycles. The van der Waals surface area contributed by atoms with Crippen LogP contribution in [-0.4, -0.2) is 5.11 Å². The Labute approximate surface area is 93.9 Å². The molecule has 0 fully saturated rings. The first kappa shape index (κ1) is 11.4. The number of aromatic hydroxyl groups is 1. The van der Waals surface area contributed by atoms with Crippen molar-refractivity contribution in [1.82, 2.24) is 0 Å². The fourth-order valence-corrected chi connectivity index (χ4v) is 1.45. The molecule has 2 aromatic carbocycles. The summed E-state index contributed by atoms with van der Waals surface area (Å²) in [6, 6.07) is 4.49. The van der Waals surface area contributed by atoms with E-state index in [-0.39, 0.29) is 16.9 Å². The summed E-state index contributed by atoms with van der Waals surface area (Å²) in [5.41, 5.74) is -0.264. The monoisotopic (exact) mass is 242 g/mol. The van der Waals surface area contributed by atoms with E-state index < -0.39 is 23.3 Å².